The van der Waals surface area contributed by atoms with Crippen molar-refractivity contribution in [3.8, 4) is 11.4 Å². The van der Waals surface area contributed by atoms with Crippen LogP contribution in [0.25, 0.3) is 5.69 Å². The Morgan fingerprint density at radius 3 is 2.37 bits per heavy atom. The first kappa shape index (κ1) is 35.2. The summed E-state index contributed by atoms with van der Waals surface area (Å²) in [5.74, 6) is 0.366. The number of hydrogen-bond donors (Lipinski definition) is 1. The summed E-state index contributed by atoms with van der Waals surface area (Å²) in [7, 11) is 1.56. The third kappa shape index (κ3) is 7.41. The van der Waals surface area contributed by atoms with Gasteiger partial charge in [-0.25, -0.2) is 9.48 Å². The number of nitrogens with one attached hydrogen (secondary N) is 1. The van der Waals surface area contributed by atoms with Crippen LogP contribution in [0, 0.1) is 0 Å². The number of likely N-dealkylation sites (tertiary alicyclic amines) is 2. The number of nitrogens with zero attached hydrogens (tertiary/aromatic N) is 7. The van der Waals surface area contributed by atoms with Gasteiger partial charge in [-0.05, 0) is 84.1 Å². The molecule has 1 aromatic heterocycles. The molecule has 0 saturated carbocycles. The van der Waals surface area contributed by atoms with E-state index in [0.29, 0.717) is 66.4 Å². The number of benzene rings is 3. The second kappa shape index (κ2) is 15.2. The van der Waals surface area contributed by atoms with Crippen LogP contribution in [-0.2, 0) is 15.7 Å². The van der Waals surface area contributed by atoms with Crippen LogP contribution in [0.4, 0.5) is 4.79 Å². The smallest absolute Gasteiger partial charge is 0.318 e. The molecule has 51 heavy (non-hydrogen) atoms. The van der Waals surface area contributed by atoms with Gasteiger partial charge in [-0.15, -0.1) is 5.10 Å². The van der Waals surface area contributed by atoms with Crippen molar-refractivity contribution in [3.63, 3.8) is 0 Å². The van der Waals surface area contributed by atoms with E-state index < -0.39 is 5.54 Å². The van der Waals surface area contributed by atoms with Crippen LogP contribution in [0.15, 0.2) is 73.1 Å². The zero-order valence-corrected chi connectivity index (χ0v) is 30.2. The Kier molecular flexibility index (Phi) is 10.5. The molecule has 1 N–H and O–H groups in total. The Morgan fingerprint density at radius 1 is 0.882 bits per heavy atom. The van der Waals surface area contributed by atoms with Crippen molar-refractivity contribution in [1.29, 1.82) is 0 Å². The lowest BCUT2D eigenvalue weighted by Gasteiger charge is -2.44. The SMILES string of the molecule is COc1ccc(-n2cnnn2)cc1C(=O)N1CCC(CCN2CCC(NC(=O)N3CCOCC3)(c3ccccc3)CC2)(c2ccc(Cl)c(Cl)c2)C1. The number of urea groups is 1. The van der Waals surface area contributed by atoms with Crippen LogP contribution < -0.4 is 10.1 Å². The minimum atomic E-state index is -0.457. The number of ether oxygens (including phenoxy) is 2. The van der Waals surface area contributed by atoms with E-state index in [9.17, 15) is 9.59 Å². The van der Waals surface area contributed by atoms with E-state index in [2.05, 4.69) is 37.9 Å². The summed E-state index contributed by atoms with van der Waals surface area (Å²) >= 11 is 13.0. The molecule has 4 heterocycles. The largest absolute Gasteiger partial charge is 0.496 e. The van der Waals surface area contributed by atoms with Gasteiger partial charge in [-0.3, -0.25) is 4.79 Å². The first-order chi connectivity index (χ1) is 24.8. The minimum Gasteiger partial charge on any atom is -0.496 e. The molecule has 3 aliphatic heterocycles. The highest BCUT2D eigenvalue weighted by molar-refractivity contribution is 6.42. The number of carbonyl (C=O) groups is 2. The van der Waals surface area contributed by atoms with Crippen LogP contribution in [0.3, 0.4) is 0 Å². The highest BCUT2D eigenvalue weighted by atomic mass is 35.5. The third-order valence-corrected chi connectivity index (χ3v) is 11.5. The molecule has 1 atom stereocenters. The fraction of sp³-hybridized carbons (Fsp3) is 0.432. The van der Waals surface area contributed by atoms with Gasteiger partial charge >= 0.3 is 6.03 Å². The Bertz CT molecular complexity index is 1830. The average Bonchev–Trinajstić information content (AvgIpc) is 3.88. The zero-order valence-electron chi connectivity index (χ0n) is 28.6. The first-order valence-corrected chi connectivity index (χ1v) is 18.1. The second-order valence-electron chi connectivity index (χ2n) is 13.6. The third-order valence-electron chi connectivity index (χ3n) is 10.8. The number of amides is 3. The number of rotatable bonds is 9. The number of morpholine rings is 1. The summed E-state index contributed by atoms with van der Waals surface area (Å²) in [6.07, 6.45) is 4.64. The maximum absolute atomic E-state index is 14.2. The van der Waals surface area contributed by atoms with E-state index >= 15 is 0 Å². The Labute approximate surface area is 307 Å². The number of carbonyl (C=O) groups excluding carboxylic acids is 2. The van der Waals surface area contributed by atoms with Crippen LogP contribution in [0.5, 0.6) is 5.75 Å². The van der Waals surface area contributed by atoms with E-state index in [4.69, 9.17) is 32.7 Å². The van der Waals surface area contributed by atoms with Crippen molar-refractivity contribution < 1.29 is 19.1 Å². The number of methoxy groups -OCH3 is 1. The van der Waals surface area contributed by atoms with Crippen LogP contribution in [0.1, 0.15) is 47.2 Å². The van der Waals surface area contributed by atoms with E-state index in [1.807, 2.05) is 52.3 Å². The van der Waals surface area contributed by atoms with Gasteiger partial charge in [0, 0.05) is 44.7 Å². The number of hydrogen-bond acceptors (Lipinski definition) is 8. The van der Waals surface area contributed by atoms with E-state index in [-0.39, 0.29) is 17.4 Å². The molecule has 3 saturated heterocycles. The Morgan fingerprint density at radius 2 is 1.67 bits per heavy atom. The summed E-state index contributed by atoms with van der Waals surface area (Å²) < 4.78 is 12.6. The molecule has 3 aromatic carbocycles. The zero-order chi connectivity index (χ0) is 35.4. The lowest BCUT2D eigenvalue weighted by Crippen LogP contribution is -2.57. The van der Waals surface area contributed by atoms with Crippen molar-refractivity contribution in [2.75, 3.05) is 66.1 Å². The lowest BCUT2D eigenvalue weighted by molar-refractivity contribution is 0.0476. The molecule has 3 amide bonds. The number of piperidine rings is 1. The molecule has 12 nitrogen and oxygen atoms in total. The quantitative estimate of drug-likeness (QED) is 0.250. The molecule has 7 rings (SSSR count). The van der Waals surface area contributed by atoms with Gasteiger partial charge in [0.1, 0.15) is 12.1 Å². The molecular weight excluding hydrogens is 691 g/mol. The summed E-state index contributed by atoms with van der Waals surface area (Å²) in [5.41, 5.74) is 2.50. The highest BCUT2D eigenvalue weighted by Crippen LogP contribution is 2.42. The maximum Gasteiger partial charge on any atom is 0.318 e. The van der Waals surface area contributed by atoms with Crippen LogP contribution in [-0.4, -0.2) is 113 Å². The molecule has 3 aliphatic rings. The molecular formula is C37H42Cl2N8O4. The van der Waals surface area contributed by atoms with Gasteiger partial charge in [0.15, 0.2) is 0 Å². The van der Waals surface area contributed by atoms with Crippen molar-refractivity contribution >= 4 is 35.1 Å². The van der Waals surface area contributed by atoms with Crippen molar-refractivity contribution in [2.45, 2.75) is 36.6 Å². The molecule has 3 fully saturated rings. The molecule has 4 aromatic rings. The van der Waals surface area contributed by atoms with Gasteiger partial charge in [0.2, 0.25) is 0 Å². The Balaban J connectivity index is 1.09. The molecule has 14 heteroatoms. The summed E-state index contributed by atoms with van der Waals surface area (Å²) in [4.78, 5) is 33.9. The summed E-state index contributed by atoms with van der Waals surface area (Å²) in [6, 6.07) is 21.5. The summed E-state index contributed by atoms with van der Waals surface area (Å²) in [5, 5.41) is 15.9. The lowest BCUT2D eigenvalue weighted by atomic mass is 9.76. The maximum atomic E-state index is 14.2. The van der Waals surface area contributed by atoms with Crippen molar-refractivity contribution in [3.05, 3.63) is 99.8 Å². The minimum absolute atomic E-state index is 0.0370. The molecule has 0 spiro atoms. The van der Waals surface area contributed by atoms with Gasteiger partial charge in [0.25, 0.3) is 5.91 Å². The molecule has 1 unspecified atom stereocenters. The molecule has 0 bridgehead atoms. The molecule has 268 valence electrons. The topological polar surface area (TPSA) is 118 Å². The summed E-state index contributed by atoms with van der Waals surface area (Å²) in [6.45, 7) is 5.85. The first-order valence-electron chi connectivity index (χ1n) is 17.4. The van der Waals surface area contributed by atoms with Gasteiger partial charge in [-0.1, -0.05) is 59.6 Å². The predicted octanol–water partition coefficient (Wildman–Crippen LogP) is 5.18. The van der Waals surface area contributed by atoms with Crippen molar-refractivity contribution in [1.82, 2.24) is 40.2 Å². The number of halogens is 2. The van der Waals surface area contributed by atoms with Crippen molar-refractivity contribution in [2.24, 2.45) is 0 Å². The fourth-order valence-corrected chi connectivity index (χ4v) is 8.03. The monoisotopic (exact) mass is 732 g/mol. The van der Waals surface area contributed by atoms with E-state index in [1.165, 1.54) is 11.0 Å². The van der Waals surface area contributed by atoms with Gasteiger partial charge < -0.3 is 29.5 Å². The average molecular weight is 734 g/mol. The standard InChI is InChI=1S/C37H42Cl2N8O4/c1-50-33-10-8-29(47-26-40-42-43-47)24-30(33)34(48)46-18-12-36(25-46,28-7-9-31(38)32(39)23-28)11-15-44-16-13-37(14-17-44,27-5-3-2-4-6-27)41-35(49)45-19-21-51-22-20-45/h2-10,23-24,26H,11-22,25H2,1H3,(H,41,49). The molecule has 0 aliphatic carbocycles. The van der Waals surface area contributed by atoms with E-state index in [0.717, 1.165) is 56.4 Å². The fourth-order valence-electron chi connectivity index (χ4n) is 7.74. The molecule has 0 radical (unpaired) electrons. The van der Waals surface area contributed by atoms with E-state index in [1.54, 1.807) is 19.2 Å². The number of tetrazole rings is 1. The van der Waals surface area contributed by atoms with Crippen LogP contribution >= 0.6 is 23.2 Å². The van der Waals surface area contributed by atoms with Crippen LogP contribution in [0.2, 0.25) is 10.0 Å². The normalized spacial score (nSPS) is 20.7. The Hall–Kier alpha value is -4.23. The van der Waals surface area contributed by atoms with Gasteiger partial charge in [0.05, 0.1) is 47.2 Å². The van der Waals surface area contributed by atoms with Gasteiger partial charge in [-0.2, -0.15) is 0 Å². The second-order valence-corrected chi connectivity index (χ2v) is 14.4. The predicted molar refractivity (Wildman–Crippen MR) is 194 cm³/mol. The highest BCUT2D eigenvalue weighted by Gasteiger charge is 2.44. The number of aromatic nitrogens is 4.